The molecule has 6 heteroatoms. The van der Waals surface area contributed by atoms with E-state index >= 15 is 0 Å². The number of carbonyl (C=O) groups excluding carboxylic acids is 2. The molecule has 0 aromatic carbocycles. The number of amides is 2. The highest BCUT2D eigenvalue weighted by Gasteiger charge is 2.46. The van der Waals surface area contributed by atoms with Gasteiger partial charge in [0.2, 0.25) is 5.91 Å². The van der Waals surface area contributed by atoms with Crippen LogP contribution in [-0.2, 0) is 4.79 Å². The smallest absolute Gasteiger partial charge is 0.263 e. The monoisotopic (exact) mass is 389 g/mol. The van der Waals surface area contributed by atoms with Crippen molar-refractivity contribution >= 4 is 23.2 Å². The minimum absolute atomic E-state index is 0.0802. The Hall–Kier alpha value is -1.40. The molecular formula is C21H31N3O2S. The Balaban J connectivity index is 1.42. The van der Waals surface area contributed by atoms with Crippen LogP contribution in [0.3, 0.4) is 0 Å². The van der Waals surface area contributed by atoms with Crippen LogP contribution in [0.4, 0.5) is 0 Å². The van der Waals surface area contributed by atoms with Crippen molar-refractivity contribution < 1.29 is 9.59 Å². The Morgan fingerprint density at radius 1 is 1.04 bits per heavy atom. The number of rotatable bonds is 4. The summed E-state index contributed by atoms with van der Waals surface area (Å²) in [5.41, 5.74) is -0.297. The second kappa shape index (κ2) is 8.31. The zero-order chi connectivity index (χ0) is 18.7. The Bertz CT molecular complexity index is 648. The molecule has 1 saturated carbocycles. The summed E-state index contributed by atoms with van der Waals surface area (Å²) >= 11 is 1.49. The summed E-state index contributed by atoms with van der Waals surface area (Å²) in [6.45, 7) is 3.54. The van der Waals surface area contributed by atoms with Gasteiger partial charge >= 0.3 is 0 Å². The van der Waals surface area contributed by atoms with Crippen molar-refractivity contribution in [3.8, 4) is 0 Å². The molecule has 148 valence electrons. The van der Waals surface area contributed by atoms with Crippen molar-refractivity contribution in [2.45, 2.75) is 69.4 Å². The van der Waals surface area contributed by atoms with Gasteiger partial charge in [-0.3, -0.25) is 14.5 Å². The highest BCUT2D eigenvalue weighted by molar-refractivity contribution is 7.12. The van der Waals surface area contributed by atoms with E-state index in [0.717, 1.165) is 63.0 Å². The van der Waals surface area contributed by atoms with E-state index in [2.05, 4.69) is 10.2 Å². The summed E-state index contributed by atoms with van der Waals surface area (Å²) in [7, 11) is 0. The van der Waals surface area contributed by atoms with Crippen LogP contribution in [0.5, 0.6) is 0 Å². The molecule has 1 aromatic rings. The van der Waals surface area contributed by atoms with Gasteiger partial charge in [-0.15, -0.1) is 11.3 Å². The highest BCUT2D eigenvalue weighted by atomic mass is 32.1. The fourth-order valence-corrected chi connectivity index (χ4v) is 5.81. The fourth-order valence-electron chi connectivity index (χ4n) is 5.12. The van der Waals surface area contributed by atoms with Crippen LogP contribution < -0.4 is 5.32 Å². The molecule has 1 N–H and O–H groups in total. The summed E-state index contributed by atoms with van der Waals surface area (Å²) < 4.78 is 0. The molecule has 1 atom stereocenters. The van der Waals surface area contributed by atoms with E-state index in [9.17, 15) is 9.59 Å². The van der Waals surface area contributed by atoms with Gasteiger partial charge in [0.25, 0.3) is 5.91 Å². The number of likely N-dealkylation sites (tertiary alicyclic amines) is 2. The summed E-state index contributed by atoms with van der Waals surface area (Å²) in [6.07, 6.45) is 9.87. The first-order valence-electron chi connectivity index (χ1n) is 10.6. The van der Waals surface area contributed by atoms with Gasteiger partial charge in [-0.25, -0.2) is 0 Å². The van der Waals surface area contributed by atoms with Crippen LogP contribution in [0.2, 0.25) is 0 Å². The summed E-state index contributed by atoms with van der Waals surface area (Å²) in [5, 5.41) is 5.31. The zero-order valence-electron chi connectivity index (χ0n) is 16.1. The number of hydrogen-bond donors (Lipinski definition) is 1. The lowest BCUT2D eigenvalue weighted by Crippen LogP contribution is -2.62. The third-order valence-corrected chi connectivity index (χ3v) is 7.45. The van der Waals surface area contributed by atoms with E-state index in [1.165, 1.54) is 30.6 Å². The Morgan fingerprint density at radius 2 is 1.81 bits per heavy atom. The zero-order valence-corrected chi connectivity index (χ0v) is 16.9. The number of thiophene rings is 1. The maximum absolute atomic E-state index is 13.4. The van der Waals surface area contributed by atoms with E-state index in [1.807, 2.05) is 22.4 Å². The number of carbonyl (C=O) groups is 2. The number of nitrogens with zero attached hydrogens (tertiary/aromatic N) is 2. The fraction of sp³-hybridized carbons (Fsp3) is 0.714. The molecule has 2 aliphatic heterocycles. The normalized spacial score (nSPS) is 26.1. The van der Waals surface area contributed by atoms with Crippen molar-refractivity contribution in [3.05, 3.63) is 22.4 Å². The maximum atomic E-state index is 13.4. The van der Waals surface area contributed by atoms with Crippen LogP contribution in [0.1, 0.15) is 67.5 Å². The molecule has 1 aliphatic carbocycles. The summed E-state index contributed by atoms with van der Waals surface area (Å²) in [4.78, 5) is 31.3. The molecular weight excluding hydrogens is 358 g/mol. The van der Waals surface area contributed by atoms with E-state index in [4.69, 9.17) is 0 Å². The minimum Gasteiger partial charge on any atom is -0.350 e. The molecule has 0 bridgehead atoms. The van der Waals surface area contributed by atoms with E-state index in [-0.39, 0.29) is 23.4 Å². The maximum Gasteiger partial charge on any atom is 0.263 e. The number of hydrogen-bond acceptors (Lipinski definition) is 4. The van der Waals surface area contributed by atoms with Crippen LogP contribution in [0, 0.1) is 0 Å². The van der Waals surface area contributed by atoms with Crippen LogP contribution in [0.15, 0.2) is 17.5 Å². The molecule has 2 amide bonds. The van der Waals surface area contributed by atoms with Gasteiger partial charge in [0, 0.05) is 19.1 Å². The molecule has 3 heterocycles. The molecule has 2 saturated heterocycles. The third kappa shape index (κ3) is 3.92. The molecule has 0 radical (unpaired) electrons. The molecule has 4 rings (SSSR count). The first-order valence-corrected chi connectivity index (χ1v) is 11.5. The van der Waals surface area contributed by atoms with Gasteiger partial charge in [0.15, 0.2) is 0 Å². The topological polar surface area (TPSA) is 52.7 Å². The standard InChI is InChI=1S/C21H31N3O2S/c25-19(18-9-7-15-27-18)23-12-6-8-17(16-23)22-20(26)21(10-2-1-3-11-21)24-13-4-5-14-24/h7,9,15,17H,1-6,8,10-14,16H2,(H,22,26). The molecule has 1 unspecified atom stereocenters. The number of piperidine rings is 1. The average Bonchev–Trinajstić information content (AvgIpc) is 3.42. The molecule has 3 aliphatic rings. The van der Waals surface area contributed by atoms with E-state index in [1.54, 1.807) is 0 Å². The van der Waals surface area contributed by atoms with Gasteiger partial charge in [-0.2, -0.15) is 0 Å². The van der Waals surface area contributed by atoms with Gasteiger partial charge in [-0.1, -0.05) is 25.3 Å². The quantitative estimate of drug-likeness (QED) is 0.860. The largest absolute Gasteiger partial charge is 0.350 e. The van der Waals surface area contributed by atoms with Crippen molar-refractivity contribution in [1.82, 2.24) is 15.1 Å². The summed E-state index contributed by atoms with van der Waals surface area (Å²) in [5.74, 6) is 0.329. The lowest BCUT2D eigenvalue weighted by Gasteiger charge is -2.44. The first-order chi connectivity index (χ1) is 13.2. The SMILES string of the molecule is O=C(c1cccs1)N1CCCC(NC(=O)C2(N3CCCC3)CCCCC2)C1. The van der Waals surface area contributed by atoms with Gasteiger partial charge in [0.1, 0.15) is 5.54 Å². The average molecular weight is 390 g/mol. The van der Waals surface area contributed by atoms with Crippen LogP contribution in [-0.4, -0.2) is 59.4 Å². The molecule has 0 spiro atoms. The van der Waals surface area contributed by atoms with E-state index in [0.29, 0.717) is 6.54 Å². The highest BCUT2D eigenvalue weighted by Crippen LogP contribution is 2.36. The second-order valence-electron chi connectivity index (χ2n) is 8.33. The predicted molar refractivity (Wildman–Crippen MR) is 108 cm³/mol. The predicted octanol–water partition coefficient (Wildman–Crippen LogP) is 3.27. The Morgan fingerprint density at radius 3 is 2.52 bits per heavy atom. The van der Waals surface area contributed by atoms with Crippen LogP contribution >= 0.6 is 11.3 Å². The lowest BCUT2D eigenvalue weighted by molar-refractivity contribution is -0.136. The Kier molecular flexibility index (Phi) is 5.83. The summed E-state index contributed by atoms with van der Waals surface area (Å²) in [6, 6.07) is 3.89. The first kappa shape index (κ1) is 18.9. The number of nitrogens with one attached hydrogen (secondary N) is 1. The van der Waals surface area contributed by atoms with Crippen molar-refractivity contribution in [1.29, 1.82) is 0 Å². The van der Waals surface area contributed by atoms with E-state index < -0.39 is 0 Å². The third-order valence-electron chi connectivity index (χ3n) is 6.59. The van der Waals surface area contributed by atoms with Crippen LogP contribution in [0.25, 0.3) is 0 Å². The van der Waals surface area contributed by atoms with Crippen molar-refractivity contribution in [2.24, 2.45) is 0 Å². The van der Waals surface area contributed by atoms with Crippen molar-refractivity contribution in [3.63, 3.8) is 0 Å². The van der Waals surface area contributed by atoms with Gasteiger partial charge in [0.05, 0.1) is 4.88 Å². The van der Waals surface area contributed by atoms with Crippen molar-refractivity contribution in [2.75, 3.05) is 26.2 Å². The molecule has 27 heavy (non-hydrogen) atoms. The molecule has 3 fully saturated rings. The molecule has 5 nitrogen and oxygen atoms in total. The minimum atomic E-state index is -0.297. The molecule has 1 aromatic heterocycles. The van der Waals surface area contributed by atoms with Gasteiger partial charge < -0.3 is 10.2 Å². The van der Waals surface area contributed by atoms with Gasteiger partial charge in [-0.05, 0) is 63.1 Å². The second-order valence-corrected chi connectivity index (χ2v) is 9.28. The lowest BCUT2D eigenvalue weighted by atomic mass is 9.79. The Labute approximate surface area is 166 Å².